The van der Waals surface area contributed by atoms with Crippen LogP contribution in [0.3, 0.4) is 0 Å². The minimum atomic E-state index is -0.0804. The molecule has 1 fully saturated rings. The number of piperazine rings is 1. The monoisotopic (exact) mass is 433 g/mol. The van der Waals surface area contributed by atoms with Crippen LogP contribution >= 0.6 is 46.1 Å². The van der Waals surface area contributed by atoms with E-state index in [2.05, 4.69) is 15.3 Å². The molecular weight excluding hydrogens is 417 g/mol. The summed E-state index contributed by atoms with van der Waals surface area (Å²) in [6.07, 6.45) is 0. The van der Waals surface area contributed by atoms with Gasteiger partial charge in [-0.1, -0.05) is 34.8 Å². The van der Waals surface area contributed by atoms with Crippen molar-refractivity contribution in [2.24, 2.45) is 0 Å². The van der Waals surface area contributed by atoms with Gasteiger partial charge in [0.15, 0.2) is 6.61 Å². The van der Waals surface area contributed by atoms with E-state index in [-0.39, 0.29) is 12.5 Å². The summed E-state index contributed by atoms with van der Waals surface area (Å²) in [5.74, 6) is 0.281. The Balaban J connectivity index is 1.47. The van der Waals surface area contributed by atoms with Crippen LogP contribution in [0.1, 0.15) is 10.7 Å². The van der Waals surface area contributed by atoms with Crippen molar-refractivity contribution in [2.45, 2.75) is 13.5 Å². The van der Waals surface area contributed by atoms with E-state index in [0.29, 0.717) is 33.9 Å². The minimum absolute atomic E-state index is 0.0729. The number of benzene rings is 1. The van der Waals surface area contributed by atoms with Crippen molar-refractivity contribution in [1.29, 1.82) is 0 Å². The molecule has 1 aliphatic rings. The first-order valence-corrected chi connectivity index (χ1v) is 10.1. The molecule has 26 heavy (non-hydrogen) atoms. The third-order valence-electron chi connectivity index (χ3n) is 4.10. The molecule has 0 atom stereocenters. The van der Waals surface area contributed by atoms with Crippen molar-refractivity contribution < 1.29 is 9.53 Å². The molecule has 1 amide bonds. The Kier molecular flexibility index (Phi) is 6.64. The number of hydrogen-bond acceptors (Lipinski definition) is 5. The predicted molar refractivity (Wildman–Crippen MR) is 106 cm³/mol. The van der Waals surface area contributed by atoms with Crippen LogP contribution in [0.2, 0.25) is 15.1 Å². The highest BCUT2D eigenvalue weighted by Crippen LogP contribution is 2.33. The summed E-state index contributed by atoms with van der Waals surface area (Å²) in [5, 5.41) is 4.18. The maximum absolute atomic E-state index is 12.4. The summed E-state index contributed by atoms with van der Waals surface area (Å²) < 4.78 is 5.52. The quantitative estimate of drug-likeness (QED) is 0.664. The van der Waals surface area contributed by atoms with Crippen molar-refractivity contribution in [3.05, 3.63) is 43.3 Å². The SMILES string of the molecule is Cc1nc(CN2CCN(C(=O)COc3cc(Cl)c(Cl)cc3Cl)CC2)cs1. The highest BCUT2D eigenvalue weighted by atomic mass is 35.5. The Morgan fingerprint density at radius 2 is 1.85 bits per heavy atom. The number of carbonyl (C=O) groups is 1. The van der Waals surface area contributed by atoms with Crippen molar-refractivity contribution in [1.82, 2.24) is 14.8 Å². The molecule has 0 bridgehead atoms. The number of carbonyl (C=O) groups excluding carboxylic acids is 1. The lowest BCUT2D eigenvalue weighted by Crippen LogP contribution is -2.49. The lowest BCUT2D eigenvalue weighted by atomic mass is 10.3. The molecule has 0 N–H and O–H groups in total. The molecule has 0 aliphatic carbocycles. The molecule has 0 unspecified atom stereocenters. The Morgan fingerprint density at radius 1 is 1.15 bits per heavy atom. The Labute approximate surface area is 171 Å². The normalized spacial score (nSPS) is 15.3. The zero-order valence-corrected chi connectivity index (χ0v) is 17.3. The number of nitrogens with zero attached hydrogens (tertiary/aromatic N) is 3. The number of rotatable bonds is 5. The average molecular weight is 435 g/mol. The molecule has 2 aromatic rings. The zero-order chi connectivity index (χ0) is 18.7. The van der Waals surface area contributed by atoms with Gasteiger partial charge in [0, 0.05) is 44.2 Å². The summed E-state index contributed by atoms with van der Waals surface area (Å²) in [5.41, 5.74) is 1.09. The first kappa shape index (κ1) is 19.7. The van der Waals surface area contributed by atoms with E-state index in [1.165, 1.54) is 12.1 Å². The standard InChI is InChI=1S/C17H18Cl3N3O2S/c1-11-21-12(10-26-11)8-22-2-4-23(5-3-22)17(24)9-25-16-7-14(19)13(18)6-15(16)20/h6-7,10H,2-5,8-9H2,1H3. The van der Waals surface area contributed by atoms with Crippen LogP contribution in [0, 0.1) is 6.92 Å². The molecule has 2 heterocycles. The van der Waals surface area contributed by atoms with Gasteiger partial charge in [0.1, 0.15) is 5.75 Å². The molecule has 0 spiro atoms. The second kappa shape index (κ2) is 8.76. The molecule has 0 radical (unpaired) electrons. The van der Waals surface area contributed by atoms with Crippen LogP contribution in [-0.4, -0.2) is 53.5 Å². The van der Waals surface area contributed by atoms with Gasteiger partial charge < -0.3 is 9.64 Å². The van der Waals surface area contributed by atoms with Gasteiger partial charge in [-0.25, -0.2) is 4.98 Å². The van der Waals surface area contributed by atoms with Crippen LogP contribution in [0.25, 0.3) is 0 Å². The summed E-state index contributed by atoms with van der Waals surface area (Å²) >= 11 is 19.6. The first-order chi connectivity index (χ1) is 12.4. The Hall–Kier alpha value is -1.05. The second-order valence-electron chi connectivity index (χ2n) is 6.00. The maximum Gasteiger partial charge on any atom is 0.260 e. The zero-order valence-electron chi connectivity index (χ0n) is 14.2. The molecule has 0 saturated carbocycles. The lowest BCUT2D eigenvalue weighted by molar-refractivity contribution is -0.135. The van der Waals surface area contributed by atoms with E-state index in [9.17, 15) is 4.79 Å². The van der Waals surface area contributed by atoms with Crippen LogP contribution in [-0.2, 0) is 11.3 Å². The smallest absolute Gasteiger partial charge is 0.260 e. The van der Waals surface area contributed by atoms with E-state index < -0.39 is 0 Å². The number of hydrogen-bond donors (Lipinski definition) is 0. The largest absolute Gasteiger partial charge is 0.482 e. The van der Waals surface area contributed by atoms with E-state index in [4.69, 9.17) is 39.5 Å². The number of ether oxygens (including phenoxy) is 1. The molecule has 9 heteroatoms. The van der Waals surface area contributed by atoms with Crippen LogP contribution in [0.4, 0.5) is 0 Å². The van der Waals surface area contributed by atoms with Gasteiger partial charge in [0.25, 0.3) is 5.91 Å². The molecule has 1 aliphatic heterocycles. The van der Waals surface area contributed by atoms with Crippen molar-refractivity contribution in [2.75, 3.05) is 32.8 Å². The fraction of sp³-hybridized carbons (Fsp3) is 0.412. The fourth-order valence-corrected chi connectivity index (χ4v) is 3.91. The van der Waals surface area contributed by atoms with Crippen LogP contribution in [0.5, 0.6) is 5.75 Å². The Bertz CT molecular complexity index is 792. The van der Waals surface area contributed by atoms with E-state index in [0.717, 1.165) is 30.3 Å². The van der Waals surface area contributed by atoms with Gasteiger partial charge >= 0.3 is 0 Å². The summed E-state index contributed by atoms with van der Waals surface area (Å²) in [7, 11) is 0. The molecule has 5 nitrogen and oxygen atoms in total. The highest BCUT2D eigenvalue weighted by molar-refractivity contribution is 7.09. The molecule has 140 valence electrons. The van der Waals surface area contributed by atoms with Crippen LogP contribution < -0.4 is 4.74 Å². The van der Waals surface area contributed by atoms with Gasteiger partial charge in [-0.15, -0.1) is 11.3 Å². The third-order valence-corrected chi connectivity index (χ3v) is 5.94. The molecule has 1 aromatic carbocycles. The Morgan fingerprint density at radius 3 is 2.50 bits per heavy atom. The summed E-state index contributed by atoms with van der Waals surface area (Å²) in [6.45, 7) is 5.71. The number of aryl methyl sites for hydroxylation is 1. The number of halogens is 3. The average Bonchev–Trinajstić information content (AvgIpc) is 3.02. The first-order valence-electron chi connectivity index (χ1n) is 8.11. The molecule has 1 saturated heterocycles. The van der Waals surface area contributed by atoms with E-state index in [1.54, 1.807) is 16.2 Å². The van der Waals surface area contributed by atoms with Crippen molar-refractivity contribution >= 4 is 52.0 Å². The minimum Gasteiger partial charge on any atom is -0.482 e. The predicted octanol–water partition coefficient (Wildman–Crippen LogP) is 4.13. The molecular formula is C17H18Cl3N3O2S. The van der Waals surface area contributed by atoms with E-state index >= 15 is 0 Å². The van der Waals surface area contributed by atoms with Gasteiger partial charge in [-0.2, -0.15) is 0 Å². The number of thiazole rings is 1. The highest BCUT2D eigenvalue weighted by Gasteiger charge is 2.22. The second-order valence-corrected chi connectivity index (χ2v) is 8.28. The summed E-state index contributed by atoms with van der Waals surface area (Å²) in [4.78, 5) is 21.0. The third kappa shape index (κ3) is 5.02. The van der Waals surface area contributed by atoms with Gasteiger partial charge in [-0.05, 0) is 13.0 Å². The van der Waals surface area contributed by atoms with Gasteiger partial charge in [0.05, 0.1) is 25.8 Å². The number of aromatic nitrogens is 1. The van der Waals surface area contributed by atoms with Gasteiger partial charge in [0.2, 0.25) is 0 Å². The molecule has 1 aromatic heterocycles. The molecule has 3 rings (SSSR count). The van der Waals surface area contributed by atoms with Gasteiger partial charge in [-0.3, -0.25) is 9.69 Å². The van der Waals surface area contributed by atoms with Crippen molar-refractivity contribution in [3.8, 4) is 5.75 Å². The topological polar surface area (TPSA) is 45.7 Å². The van der Waals surface area contributed by atoms with Crippen molar-refractivity contribution in [3.63, 3.8) is 0 Å². The summed E-state index contributed by atoms with van der Waals surface area (Å²) in [6, 6.07) is 3.03. The fourth-order valence-electron chi connectivity index (χ4n) is 2.71. The van der Waals surface area contributed by atoms with Crippen LogP contribution in [0.15, 0.2) is 17.5 Å². The lowest BCUT2D eigenvalue weighted by Gasteiger charge is -2.34. The maximum atomic E-state index is 12.4. The number of amides is 1. The van der Waals surface area contributed by atoms with E-state index in [1.807, 2.05) is 6.92 Å².